The lowest BCUT2D eigenvalue weighted by Gasteiger charge is -2.17. The largest absolute Gasteiger partial charge is 0.356 e. The van der Waals surface area contributed by atoms with E-state index in [-0.39, 0.29) is 28.9 Å². The van der Waals surface area contributed by atoms with Gasteiger partial charge in [0.15, 0.2) is 5.96 Å². The van der Waals surface area contributed by atoms with Crippen LogP contribution in [-0.4, -0.2) is 46.4 Å². The summed E-state index contributed by atoms with van der Waals surface area (Å²) in [4.78, 5) is 4.47. The zero-order valence-corrected chi connectivity index (χ0v) is 20.0. The number of guanidine groups is 1. The third kappa shape index (κ3) is 6.61. The number of aliphatic imine (C=N–C) groups is 1. The molecule has 0 spiro atoms. The first-order valence-electron chi connectivity index (χ1n) is 8.54. The second-order valence-electron chi connectivity index (χ2n) is 6.09. The topological polar surface area (TPSA) is 73.8 Å². The highest BCUT2D eigenvalue weighted by atomic mass is 127. The highest BCUT2D eigenvalue weighted by molar-refractivity contribution is 14.0. The first-order valence-corrected chi connectivity index (χ1v) is 10.4. The van der Waals surface area contributed by atoms with Gasteiger partial charge >= 0.3 is 0 Å². The van der Waals surface area contributed by atoms with Crippen LogP contribution >= 0.6 is 35.6 Å². The van der Waals surface area contributed by atoms with E-state index in [1.807, 2.05) is 30.3 Å². The maximum Gasteiger partial charge on any atom is 0.242 e. The Morgan fingerprint density at radius 2 is 1.64 bits per heavy atom. The van der Waals surface area contributed by atoms with E-state index >= 15 is 0 Å². The molecule has 2 aromatic rings. The van der Waals surface area contributed by atoms with Crippen LogP contribution in [0, 0.1) is 0 Å². The summed E-state index contributed by atoms with van der Waals surface area (Å²) in [5.41, 5.74) is 1.74. The molecule has 28 heavy (non-hydrogen) atoms. The molecule has 9 heteroatoms. The van der Waals surface area contributed by atoms with Crippen LogP contribution in [0.25, 0.3) is 0 Å². The summed E-state index contributed by atoms with van der Waals surface area (Å²) in [5.74, 6) is 0.596. The van der Waals surface area contributed by atoms with Crippen LogP contribution < -0.4 is 10.6 Å². The van der Waals surface area contributed by atoms with E-state index in [0.717, 1.165) is 17.0 Å². The summed E-state index contributed by atoms with van der Waals surface area (Å²) in [6.07, 6.45) is 0.756. The van der Waals surface area contributed by atoms with Gasteiger partial charge in [-0.1, -0.05) is 48.0 Å². The number of rotatable bonds is 7. The molecule has 0 fully saturated rings. The highest BCUT2D eigenvalue weighted by Gasteiger charge is 2.20. The number of hydrogen-bond acceptors (Lipinski definition) is 3. The quantitative estimate of drug-likeness (QED) is 0.324. The summed E-state index contributed by atoms with van der Waals surface area (Å²) in [7, 11) is 1.22. The van der Waals surface area contributed by atoms with Gasteiger partial charge in [0.05, 0.1) is 4.90 Å². The van der Waals surface area contributed by atoms with E-state index in [0.29, 0.717) is 24.6 Å². The third-order valence-corrected chi connectivity index (χ3v) is 6.33. The fourth-order valence-electron chi connectivity index (χ4n) is 2.51. The second-order valence-corrected chi connectivity index (χ2v) is 8.62. The van der Waals surface area contributed by atoms with Gasteiger partial charge in [0, 0.05) is 39.3 Å². The molecular formula is C19H26ClIN4O2S. The molecule has 0 radical (unpaired) electrons. The minimum Gasteiger partial charge on any atom is -0.356 e. The number of hydrogen-bond donors (Lipinski definition) is 2. The number of halogens is 2. The summed E-state index contributed by atoms with van der Waals surface area (Å²) < 4.78 is 26.1. The van der Waals surface area contributed by atoms with E-state index < -0.39 is 10.0 Å². The molecule has 2 rings (SSSR count). The molecule has 2 N–H and O–H groups in total. The van der Waals surface area contributed by atoms with Gasteiger partial charge in [-0.3, -0.25) is 4.99 Å². The lowest BCUT2D eigenvalue weighted by Crippen LogP contribution is -2.38. The van der Waals surface area contributed by atoms with Crippen molar-refractivity contribution in [1.29, 1.82) is 0 Å². The van der Waals surface area contributed by atoms with E-state index in [1.54, 1.807) is 25.2 Å². The van der Waals surface area contributed by atoms with E-state index in [4.69, 9.17) is 11.6 Å². The molecule has 0 aliphatic heterocycles. The van der Waals surface area contributed by atoms with Gasteiger partial charge < -0.3 is 10.6 Å². The number of nitrogens with zero attached hydrogens (tertiary/aromatic N) is 2. The van der Waals surface area contributed by atoms with Crippen molar-refractivity contribution in [2.24, 2.45) is 4.99 Å². The van der Waals surface area contributed by atoms with E-state index in [2.05, 4.69) is 15.6 Å². The molecule has 154 valence electrons. The average molecular weight is 537 g/mol. The van der Waals surface area contributed by atoms with Crippen molar-refractivity contribution >= 4 is 51.6 Å². The van der Waals surface area contributed by atoms with Crippen LogP contribution in [0.4, 0.5) is 0 Å². The van der Waals surface area contributed by atoms with Crippen LogP contribution in [0.15, 0.2) is 58.4 Å². The molecule has 0 bridgehead atoms. The Hall–Kier alpha value is -1.36. The predicted octanol–water partition coefficient (Wildman–Crippen LogP) is 3.12. The van der Waals surface area contributed by atoms with Crippen LogP contribution in [-0.2, 0) is 23.0 Å². The summed E-state index contributed by atoms with van der Waals surface area (Å²) in [5, 5.41) is 7.12. The van der Waals surface area contributed by atoms with Gasteiger partial charge in [0.25, 0.3) is 0 Å². The number of nitrogens with one attached hydrogen (secondary N) is 2. The van der Waals surface area contributed by atoms with Crippen molar-refractivity contribution in [2.75, 3.05) is 27.7 Å². The van der Waals surface area contributed by atoms with Crippen molar-refractivity contribution in [3.63, 3.8) is 0 Å². The van der Waals surface area contributed by atoms with Gasteiger partial charge in [-0.2, -0.15) is 0 Å². The maximum absolute atomic E-state index is 12.5. The Morgan fingerprint density at radius 3 is 2.25 bits per heavy atom. The molecule has 0 unspecified atom stereocenters. The Bertz CT molecular complexity index is 904. The van der Waals surface area contributed by atoms with E-state index in [1.165, 1.54) is 18.4 Å². The predicted molar refractivity (Wildman–Crippen MR) is 126 cm³/mol. The lowest BCUT2D eigenvalue weighted by atomic mass is 10.1. The number of sulfonamides is 1. The van der Waals surface area contributed by atoms with Gasteiger partial charge in [-0.25, -0.2) is 12.7 Å². The molecule has 0 amide bonds. The first kappa shape index (κ1) is 24.7. The first-order chi connectivity index (χ1) is 12.9. The molecule has 0 saturated heterocycles. The standard InChI is InChI=1S/C19H25ClN4O2S.HI/c1-21-19(22-13-12-15-8-4-6-10-17(15)20)23-14-16-9-5-7-11-18(16)27(25,26)24(2)3;/h4-11H,12-14H2,1-3H3,(H2,21,22,23);1H. The van der Waals surface area contributed by atoms with Gasteiger partial charge in [0.1, 0.15) is 0 Å². The molecular weight excluding hydrogens is 511 g/mol. The Kier molecular flexibility index (Phi) is 10.2. The third-order valence-electron chi connectivity index (χ3n) is 4.05. The Morgan fingerprint density at radius 1 is 1.04 bits per heavy atom. The SMILES string of the molecule is CN=C(NCCc1ccccc1Cl)NCc1ccccc1S(=O)(=O)N(C)C.I. The molecule has 6 nitrogen and oxygen atoms in total. The smallest absolute Gasteiger partial charge is 0.242 e. The second kappa shape index (κ2) is 11.6. The molecule has 0 aliphatic carbocycles. The normalized spacial score (nSPS) is 11.8. The lowest BCUT2D eigenvalue weighted by molar-refractivity contribution is 0.519. The van der Waals surface area contributed by atoms with Crippen molar-refractivity contribution in [1.82, 2.24) is 14.9 Å². The van der Waals surface area contributed by atoms with Crippen molar-refractivity contribution < 1.29 is 8.42 Å². The molecule has 0 atom stereocenters. The van der Waals surface area contributed by atoms with Crippen LogP contribution in [0.2, 0.25) is 5.02 Å². The average Bonchev–Trinajstić information content (AvgIpc) is 2.66. The summed E-state index contributed by atoms with van der Waals surface area (Å²) in [6, 6.07) is 14.7. The maximum atomic E-state index is 12.5. The molecule has 0 heterocycles. The highest BCUT2D eigenvalue weighted by Crippen LogP contribution is 2.18. The molecule has 2 aromatic carbocycles. The van der Waals surface area contributed by atoms with Crippen LogP contribution in [0.5, 0.6) is 0 Å². The van der Waals surface area contributed by atoms with Crippen molar-refractivity contribution in [3.05, 3.63) is 64.7 Å². The van der Waals surface area contributed by atoms with E-state index in [9.17, 15) is 8.42 Å². The minimum atomic E-state index is -3.50. The fourth-order valence-corrected chi connectivity index (χ4v) is 3.86. The minimum absolute atomic E-state index is 0. The van der Waals surface area contributed by atoms with Crippen LogP contribution in [0.3, 0.4) is 0 Å². The zero-order valence-electron chi connectivity index (χ0n) is 16.1. The monoisotopic (exact) mass is 536 g/mol. The van der Waals surface area contributed by atoms with Gasteiger partial charge in [0.2, 0.25) is 10.0 Å². The zero-order chi connectivity index (χ0) is 19.9. The van der Waals surface area contributed by atoms with Gasteiger partial charge in [-0.05, 0) is 29.7 Å². The molecule has 0 aliphatic rings. The Labute approximate surface area is 189 Å². The number of benzene rings is 2. The van der Waals surface area contributed by atoms with Crippen molar-refractivity contribution in [2.45, 2.75) is 17.9 Å². The summed E-state index contributed by atoms with van der Waals surface area (Å²) in [6.45, 7) is 0.996. The molecule has 0 saturated carbocycles. The van der Waals surface area contributed by atoms with Crippen LogP contribution in [0.1, 0.15) is 11.1 Å². The van der Waals surface area contributed by atoms with Gasteiger partial charge in [-0.15, -0.1) is 24.0 Å². The fraction of sp³-hybridized carbons (Fsp3) is 0.316. The summed E-state index contributed by atoms with van der Waals surface area (Å²) >= 11 is 6.17. The van der Waals surface area contributed by atoms with Crippen molar-refractivity contribution in [3.8, 4) is 0 Å². The molecule has 0 aromatic heterocycles. The Balaban J connectivity index is 0.00000392.